The van der Waals surface area contributed by atoms with Gasteiger partial charge in [-0.2, -0.15) is 0 Å². The van der Waals surface area contributed by atoms with Gasteiger partial charge >= 0.3 is 6.36 Å². The van der Waals surface area contributed by atoms with Gasteiger partial charge in [0, 0.05) is 26.3 Å². The van der Waals surface area contributed by atoms with Crippen LogP contribution >= 0.6 is 0 Å². The highest BCUT2D eigenvalue weighted by atomic mass is 19.4. The molecule has 1 aromatic rings. The van der Waals surface area contributed by atoms with Crippen molar-refractivity contribution in [1.29, 1.82) is 0 Å². The van der Waals surface area contributed by atoms with E-state index in [1.165, 1.54) is 30.2 Å². The zero-order valence-electron chi connectivity index (χ0n) is 13.7. The minimum atomic E-state index is -4.78. The predicted octanol–water partition coefficient (Wildman–Crippen LogP) is 2.31. The van der Waals surface area contributed by atoms with Crippen LogP contribution in [0.1, 0.15) is 18.4 Å². The average Bonchev–Trinajstić information content (AvgIpc) is 2.55. The highest BCUT2D eigenvalue weighted by Gasteiger charge is 2.41. The summed E-state index contributed by atoms with van der Waals surface area (Å²) in [6.07, 6.45) is -3.73. The molecule has 1 aromatic carbocycles. The lowest BCUT2D eigenvalue weighted by Gasteiger charge is -2.37. The average molecular weight is 346 g/mol. The quantitative estimate of drug-likeness (QED) is 0.889. The minimum Gasteiger partial charge on any atom is -0.405 e. The van der Waals surface area contributed by atoms with E-state index in [4.69, 9.17) is 4.74 Å². The fourth-order valence-electron chi connectivity index (χ4n) is 2.87. The maximum absolute atomic E-state index is 12.8. The summed E-state index contributed by atoms with van der Waals surface area (Å²) < 4.78 is 47.0. The van der Waals surface area contributed by atoms with E-state index in [0.717, 1.165) is 0 Å². The van der Waals surface area contributed by atoms with Crippen molar-refractivity contribution in [3.05, 3.63) is 29.8 Å². The Morgan fingerprint density at radius 3 is 2.50 bits per heavy atom. The molecule has 8 heteroatoms. The molecule has 0 saturated carbocycles. The number of hydrogen-bond acceptors (Lipinski definition) is 4. The van der Waals surface area contributed by atoms with Crippen molar-refractivity contribution < 1.29 is 27.4 Å². The molecular formula is C16H21F3N2O3. The lowest BCUT2D eigenvalue weighted by Crippen LogP contribution is -2.54. The fourth-order valence-corrected chi connectivity index (χ4v) is 2.87. The van der Waals surface area contributed by atoms with Crippen LogP contribution in [0.5, 0.6) is 5.75 Å². The summed E-state index contributed by atoms with van der Waals surface area (Å²) in [6.45, 7) is 1.31. The minimum absolute atomic E-state index is 0.00360. The molecule has 0 spiro atoms. The molecule has 0 aliphatic carbocycles. The molecule has 1 aliphatic heterocycles. The number of piperidine rings is 1. The van der Waals surface area contributed by atoms with Gasteiger partial charge in [0.2, 0.25) is 0 Å². The second-order valence-electron chi connectivity index (χ2n) is 5.77. The lowest BCUT2D eigenvalue weighted by molar-refractivity contribution is -0.275. The number of carbonyl (C=O) groups excluding carboxylic acids is 1. The molecule has 0 atom stereocenters. The lowest BCUT2D eigenvalue weighted by atomic mass is 9.90. The number of hydrogen-bond donors (Lipinski definition) is 1. The van der Waals surface area contributed by atoms with Gasteiger partial charge in [0.25, 0.3) is 5.91 Å². The van der Waals surface area contributed by atoms with Gasteiger partial charge in [0.15, 0.2) is 0 Å². The number of methoxy groups -OCH3 is 1. The van der Waals surface area contributed by atoms with Crippen molar-refractivity contribution in [2.24, 2.45) is 0 Å². The molecule has 1 amide bonds. The third-order valence-electron chi connectivity index (χ3n) is 4.14. The Balaban J connectivity index is 2.14. The summed E-state index contributed by atoms with van der Waals surface area (Å²) in [7, 11) is 3.03. The van der Waals surface area contributed by atoms with E-state index < -0.39 is 12.0 Å². The van der Waals surface area contributed by atoms with Crippen LogP contribution in [0.4, 0.5) is 13.2 Å². The summed E-state index contributed by atoms with van der Waals surface area (Å²) in [6, 6.07) is 5.80. The maximum atomic E-state index is 12.8. The molecule has 0 bridgehead atoms. The van der Waals surface area contributed by atoms with E-state index in [2.05, 4.69) is 10.1 Å². The maximum Gasteiger partial charge on any atom is 0.573 e. The van der Waals surface area contributed by atoms with Crippen molar-refractivity contribution in [3.63, 3.8) is 0 Å². The first-order valence-electron chi connectivity index (χ1n) is 7.62. The number of ether oxygens (including phenoxy) is 2. The van der Waals surface area contributed by atoms with Crippen molar-refractivity contribution >= 4 is 5.91 Å². The summed E-state index contributed by atoms with van der Waals surface area (Å²) >= 11 is 0. The Hall–Kier alpha value is -1.80. The molecule has 1 aliphatic rings. The molecule has 1 fully saturated rings. The van der Waals surface area contributed by atoms with Crippen molar-refractivity contribution in [2.45, 2.75) is 31.3 Å². The topological polar surface area (TPSA) is 50.8 Å². The molecule has 1 N–H and O–H groups in total. The van der Waals surface area contributed by atoms with E-state index in [1.54, 1.807) is 13.1 Å². The van der Waals surface area contributed by atoms with Gasteiger partial charge in [0.05, 0.1) is 0 Å². The van der Waals surface area contributed by atoms with Gasteiger partial charge in [-0.3, -0.25) is 4.79 Å². The summed E-state index contributed by atoms with van der Waals surface area (Å²) in [5.74, 6) is -0.547. The van der Waals surface area contributed by atoms with Crippen LogP contribution in [-0.4, -0.2) is 50.0 Å². The number of carbonyl (C=O) groups is 1. The second kappa shape index (κ2) is 7.40. The Labute approximate surface area is 138 Å². The molecule has 0 unspecified atom stereocenters. The van der Waals surface area contributed by atoms with Crippen LogP contribution in [0.2, 0.25) is 0 Å². The number of amides is 1. The molecule has 1 saturated heterocycles. The van der Waals surface area contributed by atoms with E-state index in [-0.39, 0.29) is 23.8 Å². The zero-order valence-corrected chi connectivity index (χ0v) is 13.7. The Morgan fingerprint density at radius 1 is 1.29 bits per heavy atom. The predicted molar refractivity (Wildman–Crippen MR) is 81.4 cm³/mol. The van der Waals surface area contributed by atoms with Crippen LogP contribution < -0.4 is 10.1 Å². The number of nitrogens with one attached hydrogen (secondary N) is 1. The van der Waals surface area contributed by atoms with Crippen molar-refractivity contribution in [1.82, 2.24) is 10.2 Å². The summed E-state index contributed by atoms with van der Waals surface area (Å²) in [5.41, 5.74) is -0.648. The number of halogens is 3. The van der Waals surface area contributed by atoms with Gasteiger partial charge in [-0.05, 0) is 32.0 Å². The van der Waals surface area contributed by atoms with E-state index in [0.29, 0.717) is 25.9 Å². The van der Waals surface area contributed by atoms with Crippen LogP contribution in [0.15, 0.2) is 24.3 Å². The number of rotatable bonds is 5. The van der Waals surface area contributed by atoms with E-state index >= 15 is 0 Å². The Bertz CT molecular complexity index is 572. The van der Waals surface area contributed by atoms with Crippen molar-refractivity contribution in [2.75, 3.05) is 27.2 Å². The third-order valence-corrected chi connectivity index (χ3v) is 4.14. The molecule has 2 rings (SSSR count). The van der Waals surface area contributed by atoms with E-state index in [9.17, 15) is 18.0 Å². The second-order valence-corrected chi connectivity index (χ2v) is 5.77. The molecule has 0 aromatic heterocycles. The Morgan fingerprint density at radius 2 is 1.92 bits per heavy atom. The van der Waals surface area contributed by atoms with Gasteiger partial charge in [-0.1, -0.05) is 18.2 Å². The van der Waals surface area contributed by atoms with Gasteiger partial charge in [0.1, 0.15) is 11.4 Å². The molecule has 24 heavy (non-hydrogen) atoms. The first-order valence-corrected chi connectivity index (χ1v) is 7.62. The summed E-state index contributed by atoms with van der Waals surface area (Å²) in [5, 5.41) is 3.16. The zero-order chi connectivity index (χ0) is 17.8. The number of para-hydroxylation sites is 1. The molecule has 134 valence electrons. The van der Waals surface area contributed by atoms with Crippen molar-refractivity contribution in [3.8, 4) is 5.75 Å². The van der Waals surface area contributed by atoms with Crippen LogP contribution in [-0.2, 0) is 16.1 Å². The number of likely N-dealkylation sites (N-methyl/N-ethyl adjacent to an activating group) is 1. The monoisotopic (exact) mass is 346 g/mol. The van der Waals surface area contributed by atoms with Crippen LogP contribution in [0.25, 0.3) is 0 Å². The number of benzene rings is 1. The fraction of sp³-hybridized carbons (Fsp3) is 0.562. The first kappa shape index (κ1) is 18.5. The molecule has 1 heterocycles. The van der Waals surface area contributed by atoms with Gasteiger partial charge in [-0.25, -0.2) is 0 Å². The third kappa shape index (κ3) is 4.39. The van der Waals surface area contributed by atoms with Crippen LogP contribution in [0.3, 0.4) is 0 Å². The Kier molecular flexibility index (Phi) is 5.71. The van der Waals surface area contributed by atoms with Crippen LogP contribution in [0, 0.1) is 0 Å². The molecule has 0 radical (unpaired) electrons. The highest BCUT2D eigenvalue weighted by molar-refractivity contribution is 5.85. The molecular weight excluding hydrogens is 325 g/mol. The normalized spacial score (nSPS) is 17.4. The van der Waals surface area contributed by atoms with E-state index in [1.807, 2.05) is 0 Å². The smallest absolute Gasteiger partial charge is 0.405 e. The number of alkyl halides is 3. The first-order chi connectivity index (χ1) is 11.3. The largest absolute Gasteiger partial charge is 0.573 e. The molecule has 5 nitrogen and oxygen atoms in total. The number of nitrogens with zero attached hydrogens (tertiary/aromatic N) is 1. The highest BCUT2D eigenvalue weighted by Crippen LogP contribution is 2.29. The SMILES string of the molecule is COC1(C(=O)N(C)Cc2ccccc2OC(F)(F)F)CCNCC1. The van der Waals surface area contributed by atoms with Gasteiger partial charge in [-0.15, -0.1) is 13.2 Å². The standard InChI is InChI=1S/C16H21F3N2O3/c1-21(14(22)15(23-2)7-9-20-10-8-15)11-12-5-3-4-6-13(12)24-16(17,18)19/h3-6,20H,7-11H2,1-2H3. The van der Waals surface area contributed by atoms with Gasteiger partial charge < -0.3 is 19.7 Å². The summed E-state index contributed by atoms with van der Waals surface area (Å²) in [4.78, 5) is 14.1.